The minimum absolute atomic E-state index is 0.480. The first-order valence-electron chi connectivity index (χ1n) is 7.91. The van der Waals surface area contributed by atoms with E-state index in [4.69, 9.17) is 0 Å². The van der Waals surface area contributed by atoms with Crippen molar-refractivity contribution >= 4 is 10.9 Å². The van der Waals surface area contributed by atoms with Crippen molar-refractivity contribution < 1.29 is 0 Å². The van der Waals surface area contributed by atoms with Crippen LogP contribution < -0.4 is 5.32 Å². The summed E-state index contributed by atoms with van der Waals surface area (Å²) in [6.07, 6.45) is 6.31. The molecule has 2 aromatic heterocycles. The van der Waals surface area contributed by atoms with E-state index >= 15 is 0 Å². The lowest BCUT2D eigenvalue weighted by molar-refractivity contribution is 0.513. The summed E-state index contributed by atoms with van der Waals surface area (Å²) < 4.78 is 1.92. The van der Waals surface area contributed by atoms with Crippen LogP contribution in [0.2, 0.25) is 0 Å². The van der Waals surface area contributed by atoms with Crippen molar-refractivity contribution in [2.75, 3.05) is 0 Å². The third-order valence-corrected chi connectivity index (χ3v) is 4.50. The third-order valence-electron chi connectivity index (χ3n) is 4.50. The second kappa shape index (κ2) is 6.36. The first-order chi connectivity index (χ1) is 10.6. The van der Waals surface area contributed by atoms with Gasteiger partial charge in [-0.25, -0.2) is 0 Å². The Hall–Kier alpha value is -2.07. The Balaban J connectivity index is 1.54. The highest BCUT2D eigenvalue weighted by Crippen LogP contribution is 2.19. The molecule has 0 spiro atoms. The average Bonchev–Trinajstić information content (AvgIpc) is 3.08. The monoisotopic (exact) mass is 296 g/mol. The molecule has 0 aliphatic heterocycles. The molecule has 2 N–H and O–H groups in total. The van der Waals surface area contributed by atoms with Crippen molar-refractivity contribution in [3.63, 3.8) is 0 Å². The molecule has 0 saturated heterocycles. The summed E-state index contributed by atoms with van der Waals surface area (Å²) in [6, 6.07) is 8.98. The maximum atomic E-state index is 4.29. The number of nitrogens with zero attached hydrogens (tertiary/aromatic N) is 2. The summed E-state index contributed by atoms with van der Waals surface area (Å²) in [5.74, 6) is 0. The van der Waals surface area contributed by atoms with Crippen LogP contribution in [0.1, 0.15) is 30.2 Å². The second-order valence-electron chi connectivity index (χ2n) is 6.06. The van der Waals surface area contributed by atoms with Gasteiger partial charge < -0.3 is 10.3 Å². The number of benzene rings is 1. The molecule has 3 rings (SSSR count). The third kappa shape index (κ3) is 3.07. The molecule has 0 amide bonds. The molecule has 2 heterocycles. The summed E-state index contributed by atoms with van der Waals surface area (Å²) in [7, 11) is 1.99. The number of aromatic nitrogens is 3. The summed E-state index contributed by atoms with van der Waals surface area (Å²) in [4.78, 5) is 3.35. The lowest BCUT2D eigenvalue weighted by atomic mass is 10.1. The lowest BCUT2D eigenvalue weighted by Gasteiger charge is -2.13. The summed E-state index contributed by atoms with van der Waals surface area (Å²) in [5.41, 5.74) is 5.14. The number of aryl methyl sites for hydroxylation is 2. The van der Waals surface area contributed by atoms with Gasteiger partial charge in [0, 0.05) is 48.0 Å². The smallest absolute Gasteiger partial charge is 0.0537 e. The van der Waals surface area contributed by atoms with E-state index in [1.54, 1.807) is 0 Å². The van der Waals surface area contributed by atoms with Crippen LogP contribution in [0, 0.1) is 6.92 Å². The molecule has 0 fully saturated rings. The number of rotatable bonds is 6. The molecule has 1 atom stereocenters. The van der Waals surface area contributed by atoms with Crippen molar-refractivity contribution in [2.24, 2.45) is 7.05 Å². The van der Waals surface area contributed by atoms with Gasteiger partial charge in [0.2, 0.25) is 0 Å². The molecule has 0 aliphatic carbocycles. The molecule has 0 saturated carbocycles. The van der Waals surface area contributed by atoms with Gasteiger partial charge in [-0.3, -0.25) is 4.68 Å². The van der Waals surface area contributed by atoms with E-state index in [1.807, 2.05) is 17.9 Å². The Kier molecular flexibility index (Phi) is 4.29. The van der Waals surface area contributed by atoms with E-state index in [-0.39, 0.29) is 0 Å². The summed E-state index contributed by atoms with van der Waals surface area (Å²) >= 11 is 0. The zero-order valence-corrected chi connectivity index (χ0v) is 13.6. The number of hydrogen-bond acceptors (Lipinski definition) is 2. The topological polar surface area (TPSA) is 45.6 Å². The Bertz CT molecular complexity index is 753. The average molecular weight is 296 g/mol. The van der Waals surface area contributed by atoms with Crippen LogP contribution in [0.5, 0.6) is 0 Å². The predicted octanol–water partition coefficient (Wildman–Crippen LogP) is 3.32. The van der Waals surface area contributed by atoms with Gasteiger partial charge in [0.25, 0.3) is 0 Å². The van der Waals surface area contributed by atoms with Crippen LogP contribution in [0.25, 0.3) is 10.9 Å². The van der Waals surface area contributed by atoms with Gasteiger partial charge >= 0.3 is 0 Å². The van der Waals surface area contributed by atoms with E-state index in [2.05, 4.69) is 59.7 Å². The molecule has 1 aromatic carbocycles. The minimum atomic E-state index is 0.480. The lowest BCUT2D eigenvalue weighted by Crippen LogP contribution is -2.26. The zero-order chi connectivity index (χ0) is 15.5. The largest absolute Gasteiger partial charge is 0.361 e. The Morgan fingerprint density at radius 2 is 2.09 bits per heavy atom. The molecule has 0 bridgehead atoms. The zero-order valence-electron chi connectivity index (χ0n) is 13.6. The Morgan fingerprint density at radius 3 is 2.86 bits per heavy atom. The van der Waals surface area contributed by atoms with Crippen molar-refractivity contribution in [3.05, 3.63) is 53.5 Å². The molecule has 4 nitrogen and oxygen atoms in total. The van der Waals surface area contributed by atoms with Crippen molar-refractivity contribution in [1.29, 1.82) is 0 Å². The number of fused-ring (bicyclic) bond motifs is 1. The summed E-state index contributed by atoms with van der Waals surface area (Å²) in [6.45, 7) is 5.25. The van der Waals surface area contributed by atoms with Crippen LogP contribution in [0.3, 0.4) is 0 Å². The molecule has 0 unspecified atom stereocenters. The number of nitrogens with one attached hydrogen (secondary N) is 2. The van der Waals surface area contributed by atoms with E-state index in [0.29, 0.717) is 6.04 Å². The van der Waals surface area contributed by atoms with Crippen molar-refractivity contribution in [2.45, 2.75) is 39.3 Å². The van der Waals surface area contributed by atoms with Crippen molar-refractivity contribution in [1.82, 2.24) is 20.1 Å². The molecule has 22 heavy (non-hydrogen) atoms. The molecule has 0 radical (unpaired) electrons. The number of para-hydroxylation sites is 1. The summed E-state index contributed by atoms with van der Waals surface area (Å²) in [5, 5.41) is 9.23. The normalized spacial score (nSPS) is 12.9. The number of aromatic amines is 1. The Labute approximate surface area is 131 Å². The quantitative estimate of drug-likeness (QED) is 0.733. The van der Waals surface area contributed by atoms with Gasteiger partial charge in [-0.2, -0.15) is 5.10 Å². The standard InChI is InChI=1S/C18H24N4/c1-13(19-11-16-12-21-22(3)14(16)2)8-9-15-10-20-18-7-5-4-6-17(15)18/h4-7,10,12-13,19-20H,8-9,11H2,1-3H3/t13-/m0/s1. The van der Waals surface area contributed by atoms with Gasteiger partial charge in [0.1, 0.15) is 0 Å². The van der Waals surface area contributed by atoms with Gasteiger partial charge in [0.05, 0.1) is 6.20 Å². The van der Waals surface area contributed by atoms with Crippen LogP contribution in [0.15, 0.2) is 36.7 Å². The number of hydrogen-bond donors (Lipinski definition) is 2. The molecular formula is C18H24N4. The van der Waals surface area contributed by atoms with Crippen LogP contribution >= 0.6 is 0 Å². The molecule has 4 heteroatoms. The highest BCUT2D eigenvalue weighted by atomic mass is 15.3. The van der Waals surface area contributed by atoms with Crippen LogP contribution in [-0.4, -0.2) is 20.8 Å². The fourth-order valence-electron chi connectivity index (χ4n) is 2.81. The maximum Gasteiger partial charge on any atom is 0.0537 e. The molecular weight excluding hydrogens is 272 g/mol. The van der Waals surface area contributed by atoms with E-state index in [0.717, 1.165) is 19.4 Å². The highest BCUT2D eigenvalue weighted by molar-refractivity contribution is 5.82. The SMILES string of the molecule is Cc1c(CN[C@@H](C)CCc2c[nH]c3ccccc23)cnn1C. The number of H-pyrrole nitrogens is 1. The van der Waals surface area contributed by atoms with Crippen LogP contribution in [-0.2, 0) is 20.0 Å². The predicted molar refractivity (Wildman–Crippen MR) is 90.9 cm³/mol. The van der Waals surface area contributed by atoms with Crippen LogP contribution in [0.4, 0.5) is 0 Å². The van der Waals surface area contributed by atoms with Crippen molar-refractivity contribution in [3.8, 4) is 0 Å². The first kappa shape index (κ1) is 14.9. The van der Waals surface area contributed by atoms with Gasteiger partial charge in [-0.1, -0.05) is 18.2 Å². The van der Waals surface area contributed by atoms with Gasteiger partial charge in [-0.15, -0.1) is 0 Å². The second-order valence-corrected chi connectivity index (χ2v) is 6.06. The molecule has 116 valence electrons. The highest BCUT2D eigenvalue weighted by Gasteiger charge is 2.08. The van der Waals surface area contributed by atoms with E-state index < -0.39 is 0 Å². The molecule has 0 aliphatic rings. The van der Waals surface area contributed by atoms with E-state index in [1.165, 1.54) is 27.7 Å². The maximum absolute atomic E-state index is 4.29. The minimum Gasteiger partial charge on any atom is -0.361 e. The van der Waals surface area contributed by atoms with Gasteiger partial charge in [-0.05, 0) is 38.3 Å². The molecule has 3 aromatic rings. The Morgan fingerprint density at radius 1 is 1.27 bits per heavy atom. The first-order valence-corrected chi connectivity index (χ1v) is 7.91. The fraction of sp³-hybridized carbons (Fsp3) is 0.389. The van der Waals surface area contributed by atoms with Gasteiger partial charge in [0.15, 0.2) is 0 Å². The fourth-order valence-corrected chi connectivity index (χ4v) is 2.81. The van der Waals surface area contributed by atoms with E-state index in [9.17, 15) is 0 Å².